The summed E-state index contributed by atoms with van der Waals surface area (Å²) in [7, 11) is 0. The van der Waals surface area contributed by atoms with Gasteiger partial charge in [0.15, 0.2) is 0 Å². The molecule has 2 aliphatic heterocycles. The predicted molar refractivity (Wildman–Crippen MR) is 110 cm³/mol. The van der Waals surface area contributed by atoms with Gasteiger partial charge in [-0.15, -0.1) is 0 Å². The molecule has 1 amide bonds. The van der Waals surface area contributed by atoms with Gasteiger partial charge in [0, 0.05) is 36.5 Å². The maximum absolute atomic E-state index is 11.8. The second kappa shape index (κ2) is 6.29. The fourth-order valence-corrected chi connectivity index (χ4v) is 4.98. The van der Waals surface area contributed by atoms with Crippen molar-refractivity contribution in [2.45, 2.75) is 44.1 Å². The predicted octanol–water partition coefficient (Wildman–Crippen LogP) is 2.73. The summed E-state index contributed by atoms with van der Waals surface area (Å²) in [5.74, 6) is 1.29. The van der Waals surface area contributed by atoms with Crippen LogP contribution in [0.5, 0.6) is 0 Å². The lowest BCUT2D eigenvalue weighted by Gasteiger charge is -2.36. The van der Waals surface area contributed by atoms with Gasteiger partial charge in [-0.1, -0.05) is 18.9 Å². The van der Waals surface area contributed by atoms with Gasteiger partial charge in [-0.2, -0.15) is 9.61 Å². The minimum absolute atomic E-state index is 0.0517. The number of aromatic nitrogens is 3. The largest absolute Gasteiger partial charge is 0.389 e. The molecule has 1 saturated heterocycles. The van der Waals surface area contributed by atoms with E-state index in [0.29, 0.717) is 25.4 Å². The number of hydrogen-bond donors (Lipinski definition) is 2. The van der Waals surface area contributed by atoms with Crippen LogP contribution < -0.4 is 10.2 Å². The van der Waals surface area contributed by atoms with E-state index in [9.17, 15) is 9.90 Å². The Morgan fingerprint density at radius 2 is 1.97 bits per heavy atom. The van der Waals surface area contributed by atoms with Crippen LogP contribution in [0.25, 0.3) is 16.6 Å². The van der Waals surface area contributed by atoms with Crippen molar-refractivity contribution < 1.29 is 9.90 Å². The van der Waals surface area contributed by atoms with Gasteiger partial charge in [0.05, 0.1) is 23.7 Å². The van der Waals surface area contributed by atoms with E-state index < -0.39 is 0 Å². The van der Waals surface area contributed by atoms with Crippen LogP contribution in [-0.2, 0) is 11.2 Å². The van der Waals surface area contributed by atoms with Crippen molar-refractivity contribution >= 4 is 23.1 Å². The average molecular weight is 389 g/mol. The van der Waals surface area contributed by atoms with Gasteiger partial charge in [0.1, 0.15) is 0 Å². The van der Waals surface area contributed by atoms with Crippen molar-refractivity contribution in [3.05, 3.63) is 41.7 Å². The highest BCUT2D eigenvalue weighted by Gasteiger charge is 2.31. The maximum atomic E-state index is 11.8. The van der Waals surface area contributed by atoms with Crippen LogP contribution in [0.2, 0.25) is 0 Å². The highest BCUT2D eigenvalue weighted by molar-refractivity contribution is 6.00. The standard InChI is InChI=1S/C22H23N5O2/c28-16-11-26(12-16)22-23-8-7-18-20(21(25-27(18)22)13-3-1-2-4-13)14-5-6-17-15(9-14)10-19(29)24-17/h5-9,13,16,28H,1-4,10-12H2,(H,24,29). The van der Waals surface area contributed by atoms with Gasteiger partial charge in [-0.3, -0.25) is 4.79 Å². The van der Waals surface area contributed by atoms with E-state index in [1.165, 1.54) is 12.8 Å². The fraction of sp³-hybridized carbons (Fsp3) is 0.409. The molecule has 2 aromatic heterocycles. The average Bonchev–Trinajstić information content (AvgIpc) is 3.41. The number of fused-ring (bicyclic) bond motifs is 2. The van der Waals surface area contributed by atoms with Crippen molar-refractivity contribution in [1.29, 1.82) is 0 Å². The zero-order chi connectivity index (χ0) is 19.5. The number of rotatable bonds is 3. The molecule has 0 bridgehead atoms. The number of benzene rings is 1. The summed E-state index contributed by atoms with van der Waals surface area (Å²) in [5.41, 5.74) is 6.39. The molecule has 0 atom stereocenters. The van der Waals surface area contributed by atoms with Crippen molar-refractivity contribution in [2.75, 3.05) is 23.3 Å². The summed E-state index contributed by atoms with van der Waals surface area (Å²) in [6.07, 6.45) is 6.77. The first-order valence-electron chi connectivity index (χ1n) is 10.4. The highest BCUT2D eigenvalue weighted by atomic mass is 16.3. The first-order valence-corrected chi connectivity index (χ1v) is 10.4. The third kappa shape index (κ3) is 2.64. The molecule has 3 aliphatic rings. The summed E-state index contributed by atoms with van der Waals surface area (Å²) >= 11 is 0. The Labute approximate surface area is 168 Å². The Morgan fingerprint density at radius 1 is 1.14 bits per heavy atom. The van der Waals surface area contributed by atoms with Crippen molar-refractivity contribution in [1.82, 2.24) is 14.6 Å². The van der Waals surface area contributed by atoms with Crippen molar-refractivity contribution in [3.63, 3.8) is 0 Å². The molecule has 4 heterocycles. The number of aliphatic hydroxyl groups excluding tert-OH is 1. The second-order valence-electron chi connectivity index (χ2n) is 8.44. The van der Waals surface area contributed by atoms with Crippen LogP contribution in [-0.4, -0.2) is 44.8 Å². The smallest absolute Gasteiger partial charge is 0.228 e. The Hall–Kier alpha value is -2.93. The number of carbonyl (C=O) groups excluding carboxylic acids is 1. The number of nitrogens with zero attached hydrogens (tertiary/aromatic N) is 4. The van der Waals surface area contributed by atoms with Crippen LogP contribution in [0.3, 0.4) is 0 Å². The SMILES string of the molecule is O=C1Cc2cc(-c3c(C4CCCC4)nn4c(N5CC(O)C5)nccc34)ccc2N1. The van der Waals surface area contributed by atoms with Gasteiger partial charge < -0.3 is 15.3 Å². The Kier molecular flexibility index (Phi) is 3.68. The van der Waals surface area contributed by atoms with E-state index in [-0.39, 0.29) is 12.0 Å². The monoisotopic (exact) mass is 389 g/mol. The molecule has 1 saturated carbocycles. The topological polar surface area (TPSA) is 82.8 Å². The Bertz CT molecular complexity index is 1130. The number of hydrogen-bond acceptors (Lipinski definition) is 5. The van der Waals surface area contributed by atoms with Gasteiger partial charge >= 0.3 is 0 Å². The lowest BCUT2D eigenvalue weighted by atomic mass is 9.93. The van der Waals surface area contributed by atoms with Gasteiger partial charge in [-0.05, 0) is 42.2 Å². The number of amides is 1. The molecule has 0 radical (unpaired) electrons. The third-order valence-corrected chi connectivity index (χ3v) is 6.47. The minimum Gasteiger partial charge on any atom is -0.389 e. The molecular formula is C22H23N5O2. The lowest BCUT2D eigenvalue weighted by molar-refractivity contribution is -0.115. The second-order valence-corrected chi connectivity index (χ2v) is 8.44. The molecule has 2 N–H and O–H groups in total. The van der Waals surface area contributed by atoms with E-state index in [4.69, 9.17) is 5.10 Å². The molecule has 6 rings (SSSR count). The van der Waals surface area contributed by atoms with Crippen LogP contribution in [0.4, 0.5) is 11.6 Å². The van der Waals surface area contributed by atoms with Crippen LogP contribution in [0.15, 0.2) is 30.5 Å². The molecule has 0 unspecified atom stereocenters. The Morgan fingerprint density at radius 3 is 2.76 bits per heavy atom. The van der Waals surface area contributed by atoms with Crippen LogP contribution in [0.1, 0.15) is 42.9 Å². The summed E-state index contributed by atoms with van der Waals surface area (Å²) in [6.45, 7) is 1.18. The Balaban J connectivity index is 1.54. The van der Waals surface area contributed by atoms with Gasteiger partial charge in [0.25, 0.3) is 0 Å². The zero-order valence-corrected chi connectivity index (χ0v) is 16.1. The molecule has 3 aromatic rings. The first-order chi connectivity index (χ1) is 14.2. The van der Waals surface area contributed by atoms with Gasteiger partial charge in [-0.25, -0.2) is 4.98 Å². The number of β-amino-alcohol motifs (C(OH)–C–C–N with tert-alkyl or cyclic N) is 1. The van der Waals surface area contributed by atoms with Crippen molar-refractivity contribution in [2.24, 2.45) is 0 Å². The van der Waals surface area contributed by atoms with Crippen LogP contribution >= 0.6 is 0 Å². The molecule has 2 fully saturated rings. The van der Waals surface area contributed by atoms with Gasteiger partial charge in [0.2, 0.25) is 11.9 Å². The molecule has 29 heavy (non-hydrogen) atoms. The normalized spacial score (nSPS) is 19.6. The fourth-order valence-electron chi connectivity index (χ4n) is 4.98. The molecule has 0 spiro atoms. The summed E-state index contributed by atoms with van der Waals surface area (Å²) in [6, 6.07) is 8.26. The molecular weight excluding hydrogens is 366 g/mol. The van der Waals surface area contributed by atoms with Crippen LogP contribution in [0, 0.1) is 0 Å². The molecule has 1 aromatic carbocycles. The maximum Gasteiger partial charge on any atom is 0.228 e. The number of nitrogens with one attached hydrogen (secondary N) is 1. The number of carbonyl (C=O) groups is 1. The first kappa shape index (κ1) is 17.0. The van der Waals surface area contributed by atoms with E-state index in [1.54, 1.807) is 0 Å². The molecule has 148 valence electrons. The molecule has 7 nitrogen and oxygen atoms in total. The summed E-state index contributed by atoms with van der Waals surface area (Å²) in [4.78, 5) is 18.4. The summed E-state index contributed by atoms with van der Waals surface area (Å²) in [5, 5.41) is 17.7. The van der Waals surface area contributed by atoms with Crippen molar-refractivity contribution in [3.8, 4) is 11.1 Å². The van der Waals surface area contributed by atoms with E-state index >= 15 is 0 Å². The van der Waals surface area contributed by atoms with E-state index in [1.807, 2.05) is 22.8 Å². The number of anilines is 2. The number of aliphatic hydroxyl groups is 1. The molecule has 7 heteroatoms. The summed E-state index contributed by atoms with van der Waals surface area (Å²) < 4.78 is 1.95. The third-order valence-electron chi connectivity index (χ3n) is 6.47. The molecule has 1 aliphatic carbocycles. The highest BCUT2D eigenvalue weighted by Crippen LogP contribution is 2.42. The van der Waals surface area contributed by atoms with E-state index in [2.05, 4.69) is 27.3 Å². The van der Waals surface area contributed by atoms with E-state index in [0.717, 1.165) is 52.4 Å². The minimum atomic E-state index is -0.293. The quantitative estimate of drug-likeness (QED) is 0.720. The zero-order valence-electron chi connectivity index (χ0n) is 16.1. The lowest BCUT2D eigenvalue weighted by Crippen LogP contribution is -2.52.